The number of aryl methyl sites for hydroxylation is 1. The van der Waals surface area contributed by atoms with Crippen LogP contribution in [0.15, 0.2) is 23.1 Å². The zero-order valence-corrected chi connectivity index (χ0v) is 15.7. The Kier molecular flexibility index (Phi) is 6.70. The van der Waals surface area contributed by atoms with Gasteiger partial charge in [-0.3, -0.25) is 0 Å². The summed E-state index contributed by atoms with van der Waals surface area (Å²) in [5, 5.41) is 12.6. The van der Waals surface area contributed by atoms with E-state index in [0.717, 1.165) is 44.2 Å². The van der Waals surface area contributed by atoms with Gasteiger partial charge in [-0.1, -0.05) is 26.2 Å². The molecule has 0 spiro atoms. The lowest BCUT2D eigenvalue weighted by Gasteiger charge is -2.26. The van der Waals surface area contributed by atoms with Crippen molar-refractivity contribution in [3.05, 3.63) is 30.3 Å². The van der Waals surface area contributed by atoms with Crippen LogP contribution >= 0.6 is 0 Å². The minimum absolute atomic E-state index is 0.362. The Morgan fingerprint density at radius 2 is 2.15 bits per heavy atom. The van der Waals surface area contributed by atoms with Gasteiger partial charge in [0, 0.05) is 31.4 Å². The van der Waals surface area contributed by atoms with Gasteiger partial charge >= 0.3 is 0 Å². The summed E-state index contributed by atoms with van der Waals surface area (Å²) in [6, 6.07) is 2.16. The molecule has 0 aliphatic heterocycles. The lowest BCUT2D eigenvalue weighted by atomic mass is 9.80. The summed E-state index contributed by atoms with van der Waals surface area (Å²) in [4.78, 5) is 8.50. The summed E-state index contributed by atoms with van der Waals surface area (Å²) in [5.41, 5.74) is 0.385. The van der Waals surface area contributed by atoms with E-state index in [2.05, 4.69) is 28.3 Å². The number of rotatable bonds is 9. The maximum absolute atomic E-state index is 9.35. The molecule has 3 rings (SSSR count). The number of hydrogen-bond donors (Lipinski definition) is 1. The first-order chi connectivity index (χ1) is 12.8. The zero-order chi connectivity index (χ0) is 18.2. The monoisotopic (exact) mass is 355 g/mol. The number of nitrogens with zero attached hydrogens (tertiary/aromatic N) is 4. The van der Waals surface area contributed by atoms with Crippen LogP contribution in [0.25, 0.3) is 0 Å². The maximum Gasteiger partial charge on any atom is 0.232 e. The summed E-state index contributed by atoms with van der Waals surface area (Å²) in [6.45, 7) is 3.88. The third kappa shape index (κ3) is 4.87. The van der Waals surface area contributed by atoms with Gasteiger partial charge in [0.05, 0.1) is 6.33 Å². The minimum Gasteiger partial charge on any atom is -0.424 e. The summed E-state index contributed by atoms with van der Waals surface area (Å²) in [5.74, 6) is 2.49. The van der Waals surface area contributed by atoms with Crippen molar-refractivity contribution in [2.45, 2.75) is 70.8 Å². The molecule has 140 valence electrons. The average molecular weight is 355 g/mol. The topological polar surface area (TPSA) is 79.7 Å². The van der Waals surface area contributed by atoms with E-state index < -0.39 is 0 Å². The predicted octanol–water partition coefficient (Wildman–Crippen LogP) is 4.71. The number of hydrogen-bond acceptors (Lipinski definition) is 5. The molecule has 0 aromatic carbocycles. The van der Waals surface area contributed by atoms with Gasteiger partial charge in [-0.2, -0.15) is 5.26 Å². The highest BCUT2D eigenvalue weighted by atomic mass is 16.4. The molecule has 6 nitrogen and oxygen atoms in total. The predicted molar refractivity (Wildman–Crippen MR) is 101 cm³/mol. The van der Waals surface area contributed by atoms with Crippen molar-refractivity contribution >= 4 is 5.88 Å². The Labute approximate surface area is 155 Å². The number of aromatic nitrogens is 3. The van der Waals surface area contributed by atoms with Gasteiger partial charge < -0.3 is 14.3 Å². The van der Waals surface area contributed by atoms with Crippen LogP contribution in [0, 0.1) is 17.2 Å². The number of nitrogens with one attached hydrogen (secondary N) is 1. The molecule has 26 heavy (non-hydrogen) atoms. The number of nitriles is 1. The van der Waals surface area contributed by atoms with E-state index in [1.54, 1.807) is 6.20 Å². The first-order valence-electron chi connectivity index (χ1n) is 9.90. The fourth-order valence-corrected chi connectivity index (χ4v) is 3.78. The summed E-state index contributed by atoms with van der Waals surface area (Å²) >= 11 is 0. The van der Waals surface area contributed by atoms with Crippen molar-refractivity contribution in [3.63, 3.8) is 0 Å². The molecule has 2 aromatic heterocycles. The molecule has 0 bridgehead atoms. The second-order valence-corrected chi connectivity index (χ2v) is 7.28. The van der Waals surface area contributed by atoms with E-state index in [0.29, 0.717) is 17.5 Å². The molecule has 0 radical (unpaired) electrons. The molecule has 6 heteroatoms. The maximum atomic E-state index is 9.35. The summed E-state index contributed by atoms with van der Waals surface area (Å²) in [7, 11) is 0. The minimum atomic E-state index is 0.362. The Balaban J connectivity index is 1.49. The van der Waals surface area contributed by atoms with Gasteiger partial charge in [0.1, 0.15) is 6.07 Å². The van der Waals surface area contributed by atoms with Crippen LogP contribution < -0.4 is 5.32 Å². The molecule has 0 saturated heterocycles. The van der Waals surface area contributed by atoms with Gasteiger partial charge in [0.25, 0.3) is 0 Å². The van der Waals surface area contributed by atoms with Crippen molar-refractivity contribution in [3.8, 4) is 6.07 Å². The largest absolute Gasteiger partial charge is 0.424 e. The van der Waals surface area contributed by atoms with E-state index in [1.165, 1.54) is 32.1 Å². The van der Waals surface area contributed by atoms with Crippen LogP contribution in [-0.2, 0) is 6.54 Å². The van der Waals surface area contributed by atoms with Crippen LogP contribution in [0.4, 0.5) is 5.88 Å². The number of imidazole rings is 1. The first-order valence-corrected chi connectivity index (χ1v) is 9.90. The highest BCUT2D eigenvalue weighted by molar-refractivity contribution is 5.45. The second-order valence-electron chi connectivity index (χ2n) is 7.28. The quantitative estimate of drug-likeness (QED) is 0.659. The highest BCUT2D eigenvalue weighted by Crippen LogP contribution is 2.38. The first kappa shape index (κ1) is 18.5. The lowest BCUT2D eigenvalue weighted by Crippen LogP contribution is -2.13. The lowest BCUT2D eigenvalue weighted by molar-refractivity contribution is 0.278. The molecular formula is C20H29N5O. The third-order valence-electron chi connectivity index (χ3n) is 5.35. The van der Waals surface area contributed by atoms with Gasteiger partial charge in [0.2, 0.25) is 17.5 Å². The van der Waals surface area contributed by atoms with E-state index in [1.807, 2.05) is 17.1 Å². The smallest absolute Gasteiger partial charge is 0.232 e. The Morgan fingerprint density at radius 3 is 2.85 bits per heavy atom. The van der Waals surface area contributed by atoms with E-state index in [4.69, 9.17) is 4.42 Å². The van der Waals surface area contributed by atoms with Gasteiger partial charge in [-0.05, 0) is 38.0 Å². The second kappa shape index (κ2) is 9.42. The molecular weight excluding hydrogens is 326 g/mol. The molecule has 2 aromatic rings. The molecule has 2 heterocycles. The number of anilines is 1. The molecule has 1 saturated carbocycles. The van der Waals surface area contributed by atoms with Crippen LogP contribution in [0.2, 0.25) is 0 Å². The average Bonchev–Trinajstić information content (AvgIpc) is 3.33. The molecule has 1 aliphatic carbocycles. The van der Waals surface area contributed by atoms with E-state index >= 15 is 0 Å². The zero-order valence-electron chi connectivity index (χ0n) is 15.7. The Morgan fingerprint density at radius 1 is 1.31 bits per heavy atom. The van der Waals surface area contributed by atoms with Crippen molar-refractivity contribution in [2.24, 2.45) is 5.92 Å². The van der Waals surface area contributed by atoms with Crippen LogP contribution in [0.1, 0.15) is 75.8 Å². The molecule has 1 fully saturated rings. The Bertz CT molecular complexity index is 692. The van der Waals surface area contributed by atoms with Crippen molar-refractivity contribution in [1.29, 1.82) is 5.26 Å². The van der Waals surface area contributed by atoms with Gasteiger partial charge in [-0.15, -0.1) is 0 Å². The van der Waals surface area contributed by atoms with Gasteiger partial charge in [0.15, 0.2) is 0 Å². The van der Waals surface area contributed by atoms with Crippen molar-refractivity contribution in [2.75, 3.05) is 11.9 Å². The standard InChI is InChI=1S/C20H29N5O/c1-2-3-5-16-6-8-17(9-7-16)19-24-18(14-21)20(26-19)23-10-4-12-25-13-11-22-15-25/h11,13,15-17,23H,2-10,12H2,1H3. The molecule has 1 aliphatic rings. The number of unbranched alkanes of at least 4 members (excludes halogenated alkanes) is 1. The van der Waals surface area contributed by atoms with Crippen molar-refractivity contribution in [1.82, 2.24) is 14.5 Å². The fourth-order valence-electron chi connectivity index (χ4n) is 3.78. The van der Waals surface area contributed by atoms with Crippen molar-refractivity contribution < 1.29 is 4.42 Å². The fraction of sp³-hybridized carbons (Fsp3) is 0.650. The molecule has 1 N–H and O–H groups in total. The van der Waals surface area contributed by atoms with Crippen LogP contribution in [-0.4, -0.2) is 21.1 Å². The number of oxazole rings is 1. The van der Waals surface area contributed by atoms with Gasteiger partial charge in [-0.25, -0.2) is 9.97 Å². The third-order valence-corrected chi connectivity index (χ3v) is 5.35. The molecule has 0 atom stereocenters. The Hall–Kier alpha value is -2.29. The molecule has 0 unspecified atom stereocenters. The molecule has 0 amide bonds. The van der Waals surface area contributed by atoms with E-state index in [-0.39, 0.29) is 0 Å². The van der Waals surface area contributed by atoms with Crippen LogP contribution in [0.5, 0.6) is 0 Å². The van der Waals surface area contributed by atoms with Crippen LogP contribution in [0.3, 0.4) is 0 Å². The summed E-state index contributed by atoms with van der Waals surface area (Å²) in [6.07, 6.45) is 15.2. The highest BCUT2D eigenvalue weighted by Gasteiger charge is 2.27. The SMILES string of the molecule is CCCCC1CCC(c2nc(C#N)c(NCCCn3ccnc3)o2)CC1. The normalized spacial score (nSPS) is 20.0. The van der Waals surface area contributed by atoms with E-state index in [9.17, 15) is 5.26 Å². The summed E-state index contributed by atoms with van der Waals surface area (Å²) < 4.78 is 7.97.